The summed E-state index contributed by atoms with van der Waals surface area (Å²) in [5.74, 6) is 5.96. The first-order chi connectivity index (χ1) is 20.8. The molecule has 2 heterocycles. The average molecular weight is 606 g/mol. The second-order valence-electron chi connectivity index (χ2n) is 9.54. The van der Waals surface area contributed by atoms with Crippen LogP contribution in [0.25, 0.3) is 17.3 Å². The fourth-order valence-electron chi connectivity index (χ4n) is 4.52. The number of aromatic amines is 1. The predicted molar refractivity (Wildman–Crippen MR) is 167 cm³/mol. The topological polar surface area (TPSA) is 179 Å². The highest BCUT2D eigenvalue weighted by atomic mass is 35.5. The molecule has 3 amide bonds. The number of methoxy groups -OCH3 is 1. The molecule has 2 aromatic carbocycles. The smallest absolute Gasteiger partial charge is 0.411 e. The van der Waals surface area contributed by atoms with Gasteiger partial charge in [0.2, 0.25) is 5.91 Å². The number of hydrogen-bond acceptors (Lipinski definition) is 8. The molecule has 1 aliphatic heterocycles. The molecule has 2 bridgehead atoms. The standard InChI is InChI=1S/C29H32ClN9O4/c1-32-35-17-39(31)25-11-8-19(30)14-18(25)7-12-26(40)37-23-6-4-3-5-13-33-28(41)22-15-20(36-29(42)43-2)9-10-21(22)24-16-34-27(23)38-24/h7-12,14-17,23H,1,3-6,13,31H2,2H3,(H,33,41)(H,34,38)(H,36,42)(H,37,40)/b12-7+,35-17-/t23-/m0/s1. The van der Waals surface area contributed by atoms with Crippen molar-refractivity contribution < 1.29 is 19.1 Å². The Kier molecular flexibility index (Phi) is 10.6. The normalized spacial score (nSPS) is 15.4. The molecule has 224 valence electrons. The van der Waals surface area contributed by atoms with E-state index in [2.05, 4.69) is 47.6 Å². The van der Waals surface area contributed by atoms with Gasteiger partial charge in [-0.3, -0.25) is 19.9 Å². The van der Waals surface area contributed by atoms with Crippen molar-refractivity contribution in [2.45, 2.75) is 31.7 Å². The van der Waals surface area contributed by atoms with E-state index in [-0.39, 0.29) is 11.8 Å². The molecular weight excluding hydrogens is 574 g/mol. The lowest BCUT2D eigenvalue weighted by atomic mass is 10.0. The minimum absolute atomic E-state index is 0.280. The lowest BCUT2D eigenvalue weighted by Crippen LogP contribution is -2.29. The van der Waals surface area contributed by atoms with Crippen molar-refractivity contribution in [3.8, 4) is 11.3 Å². The minimum Gasteiger partial charge on any atom is -0.453 e. The Morgan fingerprint density at radius 1 is 1.21 bits per heavy atom. The van der Waals surface area contributed by atoms with Crippen LogP contribution in [0.4, 0.5) is 16.2 Å². The third-order valence-electron chi connectivity index (χ3n) is 6.62. The first-order valence-corrected chi connectivity index (χ1v) is 13.8. The van der Waals surface area contributed by atoms with Crippen LogP contribution in [0.15, 0.2) is 58.9 Å². The highest BCUT2D eigenvalue weighted by Gasteiger charge is 2.21. The zero-order valence-electron chi connectivity index (χ0n) is 23.5. The molecule has 0 saturated heterocycles. The van der Waals surface area contributed by atoms with Crippen molar-refractivity contribution >= 4 is 60.0 Å². The molecule has 14 heteroatoms. The van der Waals surface area contributed by atoms with E-state index in [0.29, 0.717) is 57.6 Å². The second kappa shape index (κ2) is 14.8. The zero-order chi connectivity index (χ0) is 30.8. The number of H-pyrrole nitrogens is 1. The summed E-state index contributed by atoms with van der Waals surface area (Å²) in [6.07, 6.45) is 8.24. The lowest BCUT2D eigenvalue weighted by molar-refractivity contribution is -0.117. The van der Waals surface area contributed by atoms with Crippen molar-refractivity contribution in [3.63, 3.8) is 0 Å². The molecule has 13 nitrogen and oxygen atoms in total. The van der Waals surface area contributed by atoms with Gasteiger partial charge < -0.3 is 20.4 Å². The molecule has 1 aromatic heterocycles. The van der Waals surface area contributed by atoms with E-state index in [1.165, 1.54) is 24.5 Å². The van der Waals surface area contributed by atoms with E-state index >= 15 is 0 Å². The first kappa shape index (κ1) is 30.9. The summed E-state index contributed by atoms with van der Waals surface area (Å²) in [7, 11) is 1.26. The van der Waals surface area contributed by atoms with Crippen LogP contribution < -0.4 is 26.8 Å². The summed E-state index contributed by atoms with van der Waals surface area (Å²) in [5.41, 5.74) is 3.07. The fourth-order valence-corrected chi connectivity index (χ4v) is 4.70. The highest BCUT2D eigenvalue weighted by molar-refractivity contribution is 6.30. The monoisotopic (exact) mass is 605 g/mol. The van der Waals surface area contributed by atoms with Gasteiger partial charge in [0.15, 0.2) is 0 Å². The summed E-state index contributed by atoms with van der Waals surface area (Å²) in [6.45, 7) is 3.77. The van der Waals surface area contributed by atoms with Crippen molar-refractivity contribution in [1.82, 2.24) is 20.6 Å². The van der Waals surface area contributed by atoms with Crippen LogP contribution in [0.1, 0.15) is 53.5 Å². The summed E-state index contributed by atoms with van der Waals surface area (Å²) in [6, 6.07) is 9.58. The quantitative estimate of drug-likeness (QED) is 0.0869. The van der Waals surface area contributed by atoms with E-state index in [1.54, 1.807) is 48.7 Å². The summed E-state index contributed by atoms with van der Waals surface area (Å²) in [5, 5.41) is 17.4. The van der Waals surface area contributed by atoms with Gasteiger partial charge in [0.1, 0.15) is 12.2 Å². The van der Waals surface area contributed by atoms with Gasteiger partial charge in [0.05, 0.1) is 36.3 Å². The molecule has 43 heavy (non-hydrogen) atoms. The number of nitrogens with two attached hydrogens (primary N) is 1. The van der Waals surface area contributed by atoms with Crippen LogP contribution in [0, 0.1) is 0 Å². The Hall–Kier alpha value is -5.01. The number of aromatic nitrogens is 2. The molecule has 4 rings (SSSR count). The fraction of sp³-hybridized carbons (Fsp3) is 0.241. The third kappa shape index (κ3) is 8.27. The number of imidazole rings is 1. The largest absolute Gasteiger partial charge is 0.453 e. The van der Waals surface area contributed by atoms with Gasteiger partial charge in [0, 0.05) is 41.2 Å². The number of benzene rings is 2. The van der Waals surface area contributed by atoms with E-state index in [0.717, 1.165) is 19.3 Å². The van der Waals surface area contributed by atoms with Gasteiger partial charge in [-0.15, -0.1) is 5.10 Å². The number of carbonyl (C=O) groups excluding carboxylic acids is 3. The Bertz CT molecular complexity index is 1550. The van der Waals surface area contributed by atoms with Gasteiger partial charge in [-0.05, 0) is 55.3 Å². The van der Waals surface area contributed by atoms with Gasteiger partial charge in [-0.25, -0.2) is 15.6 Å². The number of halogens is 1. The number of nitrogens with one attached hydrogen (secondary N) is 4. The van der Waals surface area contributed by atoms with Crippen molar-refractivity contribution in [2.75, 3.05) is 24.0 Å². The maximum atomic E-state index is 13.1. The van der Waals surface area contributed by atoms with E-state index in [1.807, 2.05) is 0 Å². The molecule has 3 aromatic rings. The molecule has 0 aliphatic carbocycles. The maximum absolute atomic E-state index is 13.1. The van der Waals surface area contributed by atoms with Crippen molar-refractivity contribution in [1.29, 1.82) is 0 Å². The number of anilines is 2. The number of fused-ring (bicyclic) bond motifs is 4. The van der Waals surface area contributed by atoms with E-state index < -0.39 is 12.1 Å². The van der Waals surface area contributed by atoms with E-state index in [4.69, 9.17) is 17.4 Å². The molecule has 0 radical (unpaired) electrons. The molecule has 1 aliphatic rings. The maximum Gasteiger partial charge on any atom is 0.411 e. The van der Waals surface area contributed by atoms with E-state index in [9.17, 15) is 14.4 Å². The van der Waals surface area contributed by atoms with Gasteiger partial charge in [-0.1, -0.05) is 24.4 Å². The Labute approximate surface area is 253 Å². The molecule has 1 atom stereocenters. The summed E-state index contributed by atoms with van der Waals surface area (Å²) < 4.78 is 4.66. The lowest BCUT2D eigenvalue weighted by Gasteiger charge is -2.17. The van der Waals surface area contributed by atoms with Crippen LogP contribution in [0.5, 0.6) is 0 Å². The molecule has 0 spiro atoms. The first-order valence-electron chi connectivity index (χ1n) is 13.4. The number of ether oxygens (including phenoxy) is 1. The Balaban J connectivity index is 1.59. The van der Waals surface area contributed by atoms with Crippen LogP contribution in [0.3, 0.4) is 0 Å². The highest BCUT2D eigenvalue weighted by Crippen LogP contribution is 2.29. The number of nitrogens with zero attached hydrogens (tertiary/aromatic N) is 4. The molecular formula is C29H32ClN9O4. The number of hydrazine groups is 1. The molecule has 6 N–H and O–H groups in total. The Morgan fingerprint density at radius 3 is 2.84 bits per heavy atom. The number of hydrogen-bond donors (Lipinski definition) is 5. The van der Waals surface area contributed by atoms with Crippen LogP contribution in [-0.2, 0) is 9.53 Å². The number of carbonyl (C=O) groups is 3. The van der Waals surface area contributed by atoms with Gasteiger partial charge in [-0.2, -0.15) is 5.10 Å². The van der Waals surface area contributed by atoms with Gasteiger partial charge in [0.25, 0.3) is 5.91 Å². The predicted octanol–water partition coefficient (Wildman–Crippen LogP) is 4.41. The zero-order valence-corrected chi connectivity index (χ0v) is 24.2. The average Bonchev–Trinajstić information content (AvgIpc) is 3.49. The number of amides is 3. The second-order valence-corrected chi connectivity index (χ2v) is 9.98. The van der Waals surface area contributed by atoms with Crippen LogP contribution in [-0.4, -0.2) is 54.6 Å². The molecule has 0 fully saturated rings. The Morgan fingerprint density at radius 2 is 2.05 bits per heavy atom. The molecule has 0 saturated carbocycles. The molecule has 0 unspecified atom stereocenters. The van der Waals surface area contributed by atoms with Gasteiger partial charge >= 0.3 is 6.09 Å². The number of rotatable bonds is 7. The van der Waals surface area contributed by atoms with Crippen molar-refractivity contribution in [3.05, 3.63) is 70.6 Å². The minimum atomic E-state index is -0.646. The summed E-state index contributed by atoms with van der Waals surface area (Å²) >= 11 is 6.19. The summed E-state index contributed by atoms with van der Waals surface area (Å²) in [4.78, 5) is 45.7. The SMILES string of the molecule is C=N/N=C\N(N)c1ccc(Cl)cc1/C=C/C(=O)N[C@H]1CCCCCNC(=O)c2cc(NC(=O)OC)ccc2-c2cnc1[nH]2. The van der Waals surface area contributed by atoms with Crippen molar-refractivity contribution in [2.24, 2.45) is 16.0 Å². The third-order valence-corrected chi connectivity index (χ3v) is 6.86. The van der Waals surface area contributed by atoms with Crippen LogP contribution in [0.2, 0.25) is 5.02 Å². The van der Waals surface area contributed by atoms with Crippen LogP contribution >= 0.6 is 11.6 Å².